The minimum atomic E-state index is -1.08. The topological polar surface area (TPSA) is 94.6 Å². The Bertz CT molecular complexity index is 489. The first-order valence-electron chi connectivity index (χ1n) is 6.61. The van der Waals surface area contributed by atoms with Crippen LogP contribution in [-0.4, -0.2) is 42.1 Å². The van der Waals surface area contributed by atoms with Gasteiger partial charge in [0.1, 0.15) is 6.04 Å². The first-order chi connectivity index (χ1) is 10.1. The Morgan fingerprint density at radius 3 is 2.33 bits per heavy atom. The van der Waals surface area contributed by atoms with Crippen LogP contribution in [0.5, 0.6) is 0 Å². The number of nitrogens with zero attached hydrogens (tertiary/aromatic N) is 1. The van der Waals surface area contributed by atoms with E-state index in [1.165, 1.54) is 24.5 Å². The zero-order valence-corrected chi connectivity index (χ0v) is 12.0. The Hall–Kier alpha value is -2.44. The third kappa shape index (κ3) is 5.60. The minimum absolute atomic E-state index is 0.156. The summed E-state index contributed by atoms with van der Waals surface area (Å²) < 4.78 is 9.63. The van der Waals surface area contributed by atoms with Gasteiger partial charge in [0.15, 0.2) is 0 Å². The summed E-state index contributed by atoms with van der Waals surface area (Å²) in [7, 11) is 0. The minimum Gasteiger partial charge on any atom is -0.466 e. The molecule has 0 saturated carbocycles. The fraction of sp³-hybridized carbons (Fsp3) is 0.429. The molecule has 21 heavy (non-hydrogen) atoms. The first kappa shape index (κ1) is 16.6. The standard InChI is InChI=1S/C14H18N2O5/c1-3-20-12(17)9-11(14(19)21-4-2)16-13(18)10-5-7-15-8-6-10/h5-8,11H,3-4,9H2,1-2H3,(H,16,18). The lowest BCUT2D eigenvalue weighted by Crippen LogP contribution is -2.43. The van der Waals surface area contributed by atoms with Crippen molar-refractivity contribution in [3.8, 4) is 0 Å². The number of aromatic nitrogens is 1. The van der Waals surface area contributed by atoms with E-state index in [1.807, 2.05) is 0 Å². The maximum absolute atomic E-state index is 12.0. The predicted octanol–water partition coefficient (Wildman–Crippen LogP) is 0.696. The van der Waals surface area contributed by atoms with Crippen LogP contribution in [0.4, 0.5) is 0 Å². The van der Waals surface area contributed by atoms with E-state index in [4.69, 9.17) is 9.47 Å². The van der Waals surface area contributed by atoms with Gasteiger partial charge in [0, 0.05) is 18.0 Å². The highest BCUT2D eigenvalue weighted by Gasteiger charge is 2.26. The lowest BCUT2D eigenvalue weighted by atomic mass is 10.2. The molecule has 1 atom stereocenters. The summed E-state index contributed by atoms with van der Waals surface area (Å²) in [5, 5.41) is 2.47. The second kappa shape index (κ2) is 8.68. The highest BCUT2D eigenvalue weighted by Crippen LogP contribution is 2.03. The second-order valence-electron chi connectivity index (χ2n) is 4.02. The molecule has 0 bridgehead atoms. The van der Waals surface area contributed by atoms with Gasteiger partial charge in [-0.15, -0.1) is 0 Å². The van der Waals surface area contributed by atoms with Crippen molar-refractivity contribution in [2.75, 3.05) is 13.2 Å². The van der Waals surface area contributed by atoms with Crippen molar-refractivity contribution in [1.82, 2.24) is 10.3 Å². The number of carbonyl (C=O) groups excluding carboxylic acids is 3. The molecule has 114 valence electrons. The number of ether oxygens (including phenoxy) is 2. The van der Waals surface area contributed by atoms with Crippen LogP contribution in [0.1, 0.15) is 30.6 Å². The fourth-order valence-electron chi connectivity index (χ4n) is 1.57. The van der Waals surface area contributed by atoms with Gasteiger partial charge in [0.2, 0.25) is 0 Å². The van der Waals surface area contributed by atoms with E-state index in [0.717, 1.165) is 0 Å². The van der Waals surface area contributed by atoms with Gasteiger partial charge in [-0.05, 0) is 26.0 Å². The number of carbonyl (C=O) groups is 3. The van der Waals surface area contributed by atoms with Gasteiger partial charge in [0.25, 0.3) is 5.91 Å². The Balaban J connectivity index is 2.74. The fourth-order valence-corrected chi connectivity index (χ4v) is 1.57. The summed E-state index contributed by atoms with van der Waals surface area (Å²) in [5.41, 5.74) is 0.336. The van der Waals surface area contributed by atoms with Crippen LogP contribution >= 0.6 is 0 Å². The zero-order chi connectivity index (χ0) is 15.7. The summed E-state index contributed by atoms with van der Waals surface area (Å²) >= 11 is 0. The van der Waals surface area contributed by atoms with E-state index in [0.29, 0.717) is 5.56 Å². The normalized spacial score (nSPS) is 11.3. The quantitative estimate of drug-likeness (QED) is 0.744. The van der Waals surface area contributed by atoms with Crippen LogP contribution < -0.4 is 5.32 Å². The van der Waals surface area contributed by atoms with E-state index in [2.05, 4.69) is 10.3 Å². The molecule has 0 aliphatic heterocycles. The van der Waals surface area contributed by atoms with Gasteiger partial charge < -0.3 is 14.8 Å². The van der Waals surface area contributed by atoms with Crippen LogP contribution in [0.2, 0.25) is 0 Å². The monoisotopic (exact) mass is 294 g/mol. The van der Waals surface area contributed by atoms with Gasteiger partial charge in [0.05, 0.1) is 19.6 Å². The number of pyridine rings is 1. The molecule has 0 saturated heterocycles. The summed E-state index contributed by atoms with van der Waals surface area (Å²) in [6, 6.07) is 1.92. The molecular weight excluding hydrogens is 276 g/mol. The van der Waals surface area contributed by atoms with Gasteiger partial charge in [-0.1, -0.05) is 0 Å². The third-order valence-corrected chi connectivity index (χ3v) is 2.50. The summed E-state index contributed by atoms with van der Waals surface area (Å²) in [4.78, 5) is 39.1. The number of hydrogen-bond acceptors (Lipinski definition) is 6. The molecule has 0 radical (unpaired) electrons. The summed E-state index contributed by atoms with van der Waals surface area (Å²) in [6.07, 6.45) is 2.64. The zero-order valence-electron chi connectivity index (χ0n) is 12.0. The molecule has 7 heteroatoms. The van der Waals surface area contributed by atoms with Crippen LogP contribution in [-0.2, 0) is 19.1 Å². The maximum Gasteiger partial charge on any atom is 0.329 e. The molecule has 0 spiro atoms. The highest BCUT2D eigenvalue weighted by molar-refractivity contribution is 5.97. The van der Waals surface area contributed by atoms with Crippen LogP contribution in [0, 0.1) is 0 Å². The van der Waals surface area contributed by atoms with E-state index in [1.54, 1.807) is 13.8 Å². The molecular formula is C14H18N2O5. The molecule has 1 N–H and O–H groups in total. The van der Waals surface area contributed by atoms with Crippen LogP contribution in [0.15, 0.2) is 24.5 Å². The molecule has 1 rings (SSSR count). The lowest BCUT2D eigenvalue weighted by molar-refractivity contribution is -0.152. The van der Waals surface area contributed by atoms with E-state index < -0.39 is 23.9 Å². The smallest absolute Gasteiger partial charge is 0.329 e. The van der Waals surface area contributed by atoms with Crippen molar-refractivity contribution in [3.05, 3.63) is 30.1 Å². The third-order valence-electron chi connectivity index (χ3n) is 2.50. The number of hydrogen-bond donors (Lipinski definition) is 1. The molecule has 1 aromatic rings. The molecule has 0 fully saturated rings. The Morgan fingerprint density at radius 1 is 1.14 bits per heavy atom. The van der Waals surface area contributed by atoms with Crippen molar-refractivity contribution in [1.29, 1.82) is 0 Å². The Morgan fingerprint density at radius 2 is 1.76 bits per heavy atom. The molecule has 0 aliphatic rings. The summed E-state index contributed by atoms with van der Waals surface area (Å²) in [6.45, 7) is 3.66. The van der Waals surface area contributed by atoms with Crippen molar-refractivity contribution in [3.63, 3.8) is 0 Å². The van der Waals surface area contributed by atoms with Crippen LogP contribution in [0.25, 0.3) is 0 Å². The van der Waals surface area contributed by atoms with Gasteiger partial charge in [-0.2, -0.15) is 0 Å². The van der Waals surface area contributed by atoms with Crippen molar-refractivity contribution < 1.29 is 23.9 Å². The molecule has 0 aliphatic carbocycles. The average Bonchev–Trinajstić information content (AvgIpc) is 2.48. The SMILES string of the molecule is CCOC(=O)CC(NC(=O)c1ccncc1)C(=O)OCC. The second-order valence-corrected chi connectivity index (χ2v) is 4.02. The predicted molar refractivity (Wildman–Crippen MR) is 73.4 cm³/mol. The first-order valence-corrected chi connectivity index (χ1v) is 6.61. The lowest BCUT2D eigenvalue weighted by Gasteiger charge is -2.16. The number of rotatable bonds is 7. The van der Waals surface area contributed by atoms with Crippen molar-refractivity contribution >= 4 is 17.8 Å². The van der Waals surface area contributed by atoms with E-state index in [9.17, 15) is 14.4 Å². The van der Waals surface area contributed by atoms with Gasteiger partial charge >= 0.3 is 11.9 Å². The number of nitrogens with one attached hydrogen (secondary N) is 1. The molecule has 1 aromatic heterocycles. The van der Waals surface area contributed by atoms with Crippen molar-refractivity contribution in [2.45, 2.75) is 26.3 Å². The average molecular weight is 294 g/mol. The molecule has 1 amide bonds. The van der Waals surface area contributed by atoms with Gasteiger partial charge in [-0.25, -0.2) is 4.79 Å². The number of esters is 2. The summed E-state index contributed by atoms with van der Waals surface area (Å²) in [5.74, 6) is -1.74. The Labute approximate surface area is 122 Å². The van der Waals surface area contributed by atoms with Crippen LogP contribution in [0.3, 0.4) is 0 Å². The van der Waals surface area contributed by atoms with Gasteiger partial charge in [-0.3, -0.25) is 14.6 Å². The molecule has 7 nitrogen and oxygen atoms in total. The van der Waals surface area contributed by atoms with E-state index >= 15 is 0 Å². The molecule has 1 unspecified atom stereocenters. The van der Waals surface area contributed by atoms with Crippen molar-refractivity contribution in [2.24, 2.45) is 0 Å². The van der Waals surface area contributed by atoms with E-state index in [-0.39, 0.29) is 19.6 Å². The maximum atomic E-state index is 12.0. The number of amides is 1. The molecule has 0 aromatic carbocycles. The molecule has 1 heterocycles. The highest BCUT2D eigenvalue weighted by atomic mass is 16.5. The Kier molecular flexibility index (Phi) is 6.86. The largest absolute Gasteiger partial charge is 0.466 e.